The van der Waals surface area contributed by atoms with Crippen molar-refractivity contribution in [1.29, 1.82) is 0 Å². The van der Waals surface area contributed by atoms with Gasteiger partial charge in [0.05, 0.1) is 20.3 Å². The van der Waals surface area contributed by atoms with E-state index in [4.69, 9.17) is 21.1 Å². The SMILES string of the molecule is COC(=O)[C@H]1Cc2c([nH]c3cc(C)ccc23)[C@@H](c2ccc(OC)c(O)c2)N1C(=O)CCl. The smallest absolute Gasteiger partial charge is 0.328 e. The molecule has 2 heterocycles. The summed E-state index contributed by atoms with van der Waals surface area (Å²) in [6, 6.07) is 9.46. The number of carbonyl (C=O) groups excluding carboxylic acids is 2. The zero-order valence-electron chi connectivity index (χ0n) is 17.4. The van der Waals surface area contributed by atoms with E-state index in [1.165, 1.54) is 25.2 Å². The number of H-pyrrole nitrogens is 1. The van der Waals surface area contributed by atoms with E-state index < -0.39 is 24.0 Å². The number of nitrogens with zero attached hydrogens (tertiary/aromatic N) is 1. The van der Waals surface area contributed by atoms with Crippen molar-refractivity contribution in [2.24, 2.45) is 0 Å². The lowest BCUT2D eigenvalue weighted by Gasteiger charge is -2.40. The maximum atomic E-state index is 13.0. The molecule has 1 amide bonds. The van der Waals surface area contributed by atoms with Gasteiger partial charge in [0.1, 0.15) is 11.9 Å². The van der Waals surface area contributed by atoms with Crippen LogP contribution in [0.15, 0.2) is 36.4 Å². The fraction of sp³-hybridized carbons (Fsp3) is 0.304. The first-order valence-electron chi connectivity index (χ1n) is 9.82. The zero-order valence-corrected chi connectivity index (χ0v) is 18.2. The number of methoxy groups -OCH3 is 2. The van der Waals surface area contributed by atoms with Crippen molar-refractivity contribution in [1.82, 2.24) is 9.88 Å². The third kappa shape index (κ3) is 3.49. The Balaban J connectivity index is 1.99. The normalized spacial score (nSPS) is 18.0. The van der Waals surface area contributed by atoms with E-state index in [1.54, 1.807) is 12.1 Å². The molecule has 0 unspecified atom stereocenters. The molecule has 2 aromatic carbocycles. The first-order chi connectivity index (χ1) is 14.9. The second-order valence-corrected chi connectivity index (χ2v) is 7.85. The van der Waals surface area contributed by atoms with Gasteiger partial charge in [-0.25, -0.2) is 4.79 Å². The summed E-state index contributed by atoms with van der Waals surface area (Å²) in [5.74, 6) is -0.967. The first kappa shape index (κ1) is 21.1. The van der Waals surface area contributed by atoms with E-state index in [2.05, 4.69) is 4.98 Å². The summed E-state index contributed by atoms with van der Waals surface area (Å²) in [4.78, 5) is 30.6. The minimum atomic E-state index is -0.849. The number of ether oxygens (including phenoxy) is 2. The van der Waals surface area contributed by atoms with Crippen molar-refractivity contribution in [2.45, 2.75) is 25.4 Å². The van der Waals surface area contributed by atoms with Gasteiger partial charge in [-0.2, -0.15) is 0 Å². The van der Waals surface area contributed by atoms with Gasteiger partial charge in [-0.3, -0.25) is 4.79 Å². The highest BCUT2D eigenvalue weighted by atomic mass is 35.5. The lowest BCUT2D eigenvalue weighted by Crippen LogP contribution is -2.52. The van der Waals surface area contributed by atoms with Gasteiger partial charge >= 0.3 is 5.97 Å². The van der Waals surface area contributed by atoms with Gasteiger partial charge < -0.3 is 24.5 Å². The van der Waals surface area contributed by atoms with Crippen LogP contribution in [-0.2, 0) is 20.7 Å². The quantitative estimate of drug-likeness (QED) is 0.477. The molecule has 7 nitrogen and oxygen atoms in total. The lowest BCUT2D eigenvalue weighted by atomic mass is 9.87. The minimum absolute atomic E-state index is 0.0630. The summed E-state index contributed by atoms with van der Waals surface area (Å²) in [5.41, 5.74) is 4.34. The maximum absolute atomic E-state index is 13.0. The van der Waals surface area contributed by atoms with Crippen LogP contribution in [-0.4, -0.2) is 53.0 Å². The Morgan fingerprint density at radius 2 is 2.00 bits per heavy atom. The number of aryl methyl sites for hydroxylation is 1. The molecule has 2 N–H and O–H groups in total. The van der Waals surface area contributed by atoms with Gasteiger partial charge in [0, 0.05) is 23.0 Å². The Kier molecular flexibility index (Phi) is 5.54. The number of alkyl halides is 1. The molecule has 31 heavy (non-hydrogen) atoms. The van der Waals surface area contributed by atoms with E-state index in [9.17, 15) is 14.7 Å². The summed E-state index contributed by atoms with van der Waals surface area (Å²) in [5, 5.41) is 11.4. The first-order valence-corrected chi connectivity index (χ1v) is 10.4. The van der Waals surface area contributed by atoms with Crippen molar-refractivity contribution in [3.05, 3.63) is 58.8 Å². The number of amides is 1. The molecule has 0 saturated carbocycles. The van der Waals surface area contributed by atoms with Crippen molar-refractivity contribution >= 4 is 34.4 Å². The highest BCUT2D eigenvalue weighted by Gasteiger charge is 2.43. The van der Waals surface area contributed by atoms with Gasteiger partial charge in [0.2, 0.25) is 5.91 Å². The van der Waals surface area contributed by atoms with Crippen LogP contribution in [0.4, 0.5) is 0 Å². The molecule has 0 radical (unpaired) electrons. The number of benzene rings is 2. The summed E-state index contributed by atoms with van der Waals surface area (Å²) in [6.07, 6.45) is 0.298. The van der Waals surface area contributed by atoms with Crippen LogP contribution < -0.4 is 4.74 Å². The molecule has 0 bridgehead atoms. The Hall–Kier alpha value is -3.19. The number of aromatic amines is 1. The Bertz CT molecular complexity index is 1170. The summed E-state index contributed by atoms with van der Waals surface area (Å²) in [6.45, 7) is 2.00. The molecule has 0 spiro atoms. The number of esters is 1. The van der Waals surface area contributed by atoms with Crippen molar-refractivity contribution < 1.29 is 24.2 Å². The number of phenolic OH excluding ortho intramolecular Hbond substituents is 1. The van der Waals surface area contributed by atoms with E-state index in [0.717, 1.165) is 27.7 Å². The summed E-state index contributed by atoms with van der Waals surface area (Å²) in [7, 11) is 2.76. The van der Waals surface area contributed by atoms with Crippen LogP contribution >= 0.6 is 11.6 Å². The third-order valence-electron chi connectivity index (χ3n) is 5.77. The molecule has 0 fully saturated rings. The standard InChI is InChI=1S/C23H23ClN2O5/c1-12-4-6-14-15-10-17(23(29)31-3)26(20(28)11-24)22(21(15)25-16(14)8-12)13-5-7-19(30-2)18(27)9-13/h4-9,17,22,25,27H,10-11H2,1-3H3/t17-,22-/m1/s1. The van der Waals surface area contributed by atoms with Gasteiger partial charge in [0.15, 0.2) is 11.5 Å². The van der Waals surface area contributed by atoms with E-state index in [1.807, 2.05) is 25.1 Å². The van der Waals surface area contributed by atoms with Crippen LogP contribution in [0.2, 0.25) is 0 Å². The maximum Gasteiger partial charge on any atom is 0.328 e. The van der Waals surface area contributed by atoms with Crippen molar-refractivity contribution in [3.63, 3.8) is 0 Å². The van der Waals surface area contributed by atoms with Gasteiger partial charge in [-0.1, -0.05) is 18.2 Å². The molecule has 1 aliphatic rings. The lowest BCUT2D eigenvalue weighted by molar-refractivity contribution is -0.154. The highest BCUT2D eigenvalue weighted by molar-refractivity contribution is 6.27. The average molecular weight is 443 g/mol. The monoisotopic (exact) mass is 442 g/mol. The summed E-state index contributed by atoms with van der Waals surface area (Å²) < 4.78 is 10.2. The fourth-order valence-corrected chi connectivity index (χ4v) is 4.52. The Morgan fingerprint density at radius 3 is 2.65 bits per heavy atom. The Labute approximate surface area is 184 Å². The van der Waals surface area contributed by atoms with Gasteiger partial charge in [0.25, 0.3) is 0 Å². The van der Waals surface area contributed by atoms with Crippen LogP contribution in [0, 0.1) is 6.92 Å². The van der Waals surface area contributed by atoms with E-state index >= 15 is 0 Å². The topological polar surface area (TPSA) is 91.9 Å². The molecule has 3 aromatic rings. The summed E-state index contributed by atoms with van der Waals surface area (Å²) >= 11 is 5.93. The van der Waals surface area contributed by atoms with Crippen LogP contribution in [0.5, 0.6) is 11.5 Å². The molecular formula is C23H23ClN2O5. The average Bonchev–Trinajstić information content (AvgIpc) is 3.13. The second kappa shape index (κ2) is 8.15. The molecular weight excluding hydrogens is 420 g/mol. The highest BCUT2D eigenvalue weighted by Crippen LogP contribution is 2.43. The third-order valence-corrected chi connectivity index (χ3v) is 6.00. The number of hydrogen-bond donors (Lipinski definition) is 2. The predicted molar refractivity (Wildman–Crippen MR) is 117 cm³/mol. The number of rotatable bonds is 4. The molecule has 1 aromatic heterocycles. The zero-order chi connectivity index (χ0) is 22.3. The van der Waals surface area contributed by atoms with Crippen molar-refractivity contribution in [3.8, 4) is 11.5 Å². The largest absolute Gasteiger partial charge is 0.504 e. The Morgan fingerprint density at radius 1 is 1.23 bits per heavy atom. The van der Waals surface area contributed by atoms with Crippen molar-refractivity contribution in [2.75, 3.05) is 20.1 Å². The second-order valence-electron chi connectivity index (χ2n) is 7.58. The number of halogens is 1. The number of aromatic hydroxyl groups is 1. The van der Waals surface area contributed by atoms with E-state index in [0.29, 0.717) is 17.7 Å². The number of aromatic nitrogens is 1. The number of fused-ring (bicyclic) bond motifs is 3. The molecule has 4 rings (SSSR count). The fourth-order valence-electron chi connectivity index (χ4n) is 4.38. The predicted octanol–water partition coefficient (Wildman–Crippen LogP) is 3.45. The van der Waals surface area contributed by atoms with Gasteiger partial charge in [-0.15, -0.1) is 11.6 Å². The van der Waals surface area contributed by atoms with Crippen LogP contribution in [0.25, 0.3) is 10.9 Å². The number of nitrogens with one attached hydrogen (secondary N) is 1. The molecule has 0 aliphatic carbocycles. The molecule has 1 aliphatic heterocycles. The van der Waals surface area contributed by atoms with Gasteiger partial charge in [-0.05, 0) is 41.8 Å². The number of carbonyl (C=O) groups is 2. The van der Waals surface area contributed by atoms with Crippen LogP contribution in [0.3, 0.4) is 0 Å². The number of hydrogen-bond acceptors (Lipinski definition) is 5. The number of phenols is 1. The van der Waals surface area contributed by atoms with Crippen LogP contribution in [0.1, 0.15) is 28.4 Å². The molecule has 2 atom stereocenters. The molecule has 162 valence electrons. The molecule has 0 saturated heterocycles. The minimum Gasteiger partial charge on any atom is -0.504 e. The van der Waals surface area contributed by atoms with E-state index in [-0.39, 0.29) is 11.6 Å². The molecule has 8 heteroatoms.